The Morgan fingerprint density at radius 1 is 0.972 bits per heavy atom. The van der Waals surface area contributed by atoms with Crippen molar-refractivity contribution < 1.29 is 18.0 Å². The van der Waals surface area contributed by atoms with Crippen LogP contribution in [0.25, 0.3) is 10.8 Å². The van der Waals surface area contributed by atoms with Crippen LogP contribution in [-0.4, -0.2) is 43.8 Å². The molecule has 0 spiro atoms. The first-order chi connectivity index (χ1) is 17.1. The van der Waals surface area contributed by atoms with Gasteiger partial charge >= 0.3 is 0 Å². The van der Waals surface area contributed by atoms with E-state index >= 15 is 0 Å². The molecule has 1 N–H and O–H groups in total. The molecule has 0 saturated carbocycles. The van der Waals surface area contributed by atoms with E-state index in [1.54, 1.807) is 30.0 Å². The summed E-state index contributed by atoms with van der Waals surface area (Å²) < 4.78 is 27.9. The minimum absolute atomic E-state index is 0.0416. The first-order valence-electron chi connectivity index (χ1n) is 12.3. The van der Waals surface area contributed by atoms with Crippen LogP contribution in [-0.2, 0) is 26.2 Å². The lowest BCUT2D eigenvalue weighted by atomic mass is 10.1. The summed E-state index contributed by atoms with van der Waals surface area (Å²) in [6, 6.07) is 17.9. The molecular formula is C28H33N3O4S. The Kier molecular flexibility index (Phi) is 7.36. The normalized spacial score (nSPS) is 14.8. The molecule has 0 aliphatic carbocycles. The van der Waals surface area contributed by atoms with Crippen molar-refractivity contribution in [1.82, 2.24) is 10.2 Å². The topological polar surface area (TPSA) is 86.8 Å². The van der Waals surface area contributed by atoms with Crippen LogP contribution in [0.2, 0.25) is 0 Å². The summed E-state index contributed by atoms with van der Waals surface area (Å²) in [4.78, 5) is 28.1. The van der Waals surface area contributed by atoms with E-state index in [9.17, 15) is 18.0 Å². The number of hydrogen-bond acceptors (Lipinski definition) is 4. The summed E-state index contributed by atoms with van der Waals surface area (Å²) in [5, 5.41) is 4.50. The number of carbonyl (C=O) groups is 2. The van der Waals surface area contributed by atoms with Gasteiger partial charge in [0.1, 0.15) is 6.04 Å². The van der Waals surface area contributed by atoms with Crippen molar-refractivity contribution in [3.63, 3.8) is 0 Å². The maximum absolute atomic E-state index is 13.4. The Bertz CT molecular complexity index is 1400. The van der Waals surface area contributed by atoms with E-state index in [1.165, 1.54) is 4.31 Å². The number of benzene rings is 3. The molecule has 2 amide bonds. The molecule has 36 heavy (non-hydrogen) atoms. The fourth-order valence-electron chi connectivity index (χ4n) is 4.68. The van der Waals surface area contributed by atoms with E-state index in [0.29, 0.717) is 23.5 Å². The molecule has 0 saturated heterocycles. The van der Waals surface area contributed by atoms with Crippen molar-refractivity contribution in [2.45, 2.75) is 64.1 Å². The van der Waals surface area contributed by atoms with E-state index in [0.717, 1.165) is 21.9 Å². The predicted molar refractivity (Wildman–Crippen MR) is 142 cm³/mol. The Balaban J connectivity index is 1.51. The van der Waals surface area contributed by atoms with Gasteiger partial charge < -0.3 is 10.2 Å². The van der Waals surface area contributed by atoms with Crippen molar-refractivity contribution in [1.29, 1.82) is 0 Å². The van der Waals surface area contributed by atoms with Crippen molar-refractivity contribution in [2.75, 3.05) is 10.8 Å². The second-order valence-corrected chi connectivity index (χ2v) is 11.4. The fourth-order valence-corrected chi connectivity index (χ4v) is 6.42. The van der Waals surface area contributed by atoms with Crippen molar-refractivity contribution in [2.24, 2.45) is 0 Å². The lowest BCUT2D eigenvalue weighted by Gasteiger charge is -2.30. The maximum Gasteiger partial charge on any atom is 0.265 e. The number of aryl methyl sites for hydroxylation is 1. The zero-order valence-electron chi connectivity index (χ0n) is 21.2. The molecule has 1 heterocycles. The fraction of sp³-hybridized carbons (Fsp3) is 0.357. The number of carbonyl (C=O) groups excluding carboxylic acids is 2. The molecule has 1 aliphatic rings. The highest BCUT2D eigenvalue weighted by Crippen LogP contribution is 2.42. The summed E-state index contributed by atoms with van der Waals surface area (Å²) >= 11 is 0. The molecule has 7 nitrogen and oxygen atoms in total. The molecule has 0 unspecified atom stereocenters. The molecule has 1 aliphatic heterocycles. The van der Waals surface area contributed by atoms with Gasteiger partial charge in [0.05, 0.1) is 10.6 Å². The highest BCUT2D eigenvalue weighted by Gasteiger charge is 2.35. The van der Waals surface area contributed by atoms with Crippen LogP contribution in [0.3, 0.4) is 0 Å². The first kappa shape index (κ1) is 25.7. The first-order valence-corrected chi connectivity index (χ1v) is 13.7. The number of sulfonamides is 1. The second-order valence-electron chi connectivity index (χ2n) is 9.60. The van der Waals surface area contributed by atoms with Crippen molar-refractivity contribution in [3.8, 4) is 0 Å². The second kappa shape index (κ2) is 10.3. The summed E-state index contributed by atoms with van der Waals surface area (Å²) in [5.41, 5.74) is 2.66. The zero-order valence-corrected chi connectivity index (χ0v) is 22.0. The van der Waals surface area contributed by atoms with Crippen molar-refractivity contribution >= 4 is 38.3 Å². The summed E-state index contributed by atoms with van der Waals surface area (Å²) in [6.07, 6.45) is 0.467. The van der Waals surface area contributed by atoms with Gasteiger partial charge in [-0.15, -0.1) is 0 Å². The van der Waals surface area contributed by atoms with Crippen LogP contribution in [0, 0.1) is 6.92 Å². The van der Waals surface area contributed by atoms with Gasteiger partial charge in [-0.3, -0.25) is 13.9 Å². The Morgan fingerprint density at radius 3 is 2.36 bits per heavy atom. The van der Waals surface area contributed by atoms with Gasteiger partial charge in [-0.25, -0.2) is 8.42 Å². The maximum atomic E-state index is 13.4. The molecule has 1 atom stereocenters. The van der Waals surface area contributed by atoms with Crippen LogP contribution in [0.15, 0.2) is 65.6 Å². The molecular weight excluding hydrogens is 474 g/mol. The lowest BCUT2D eigenvalue weighted by Crippen LogP contribution is -2.49. The monoisotopic (exact) mass is 507 g/mol. The number of amides is 2. The molecule has 4 rings (SSSR count). The number of rotatable bonds is 9. The highest BCUT2D eigenvalue weighted by molar-refractivity contribution is 7.93. The summed E-state index contributed by atoms with van der Waals surface area (Å²) in [5.74, 6) is -0.395. The Hall–Kier alpha value is -3.39. The van der Waals surface area contributed by atoms with Crippen LogP contribution < -0.4 is 9.62 Å². The molecule has 3 aromatic rings. The molecule has 0 aromatic heterocycles. The predicted octanol–water partition coefficient (Wildman–Crippen LogP) is 4.38. The molecule has 0 fully saturated rings. The molecule has 0 radical (unpaired) electrons. The van der Waals surface area contributed by atoms with Gasteiger partial charge in [0.25, 0.3) is 10.0 Å². The third-order valence-electron chi connectivity index (χ3n) is 6.63. The zero-order chi connectivity index (χ0) is 26.0. The molecule has 0 bridgehead atoms. The van der Waals surface area contributed by atoms with Crippen molar-refractivity contribution in [3.05, 3.63) is 71.8 Å². The van der Waals surface area contributed by atoms with Gasteiger partial charge in [-0.05, 0) is 62.8 Å². The Morgan fingerprint density at radius 2 is 1.67 bits per heavy atom. The quantitative estimate of drug-likeness (QED) is 0.466. The van der Waals surface area contributed by atoms with Gasteiger partial charge in [-0.1, -0.05) is 48.5 Å². The molecule has 3 aromatic carbocycles. The van der Waals surface area contributed by atoms with Crippen LogP contribution in [0.1, 0.15) is 44.7 Å². The van der Waals surface area contributed by atoms with E-state index < -0.39 is 16.1 Å². The van der Waals surface area contributed by atoms with Gasteiger partial charge in [0.15, 0.2) is 0 Å². The van der Waals surface area contributed by atoms with Gasteiger partial charge in [0.2, 0.25) is 11.8 Å². The minimum atomic E-state index is -3.67. The van der Waals surface area contributed by atoms with E-state index in [-0.39, 0.29) is 30.8 Å². The average molecular weight is 508 g/mol. The SMILES string of the molecule is Cc1ccccc1CN(C(=O)CCCN1c2cccc3cccc(c23)S1(=O)=O)[C@H](C)C(=O)NC(C)C. The standard InChI is InChI=1S/C28H33N3O4S/c1-19(2)29-28(33)21(4)30(18-23-11-6-5-10-20(23)3)26(32)16-9-17-31-24-14-7-12-22-13-8-15-25(27(22)24)36(31,34)35/h5-8,10-15,19,21H,9,16-18H2,1-4H3,(H,29,33)/t21-/m1/s1. The third kappa shape index (κ3) is 4.95. The number of anilines is 1. The third-order valence-corrected chi connectivity index (χ3v) is 8.49. The molecule has 190 valence electrons. The largest absolute Gasteiger partial charge is 0.352 e. The smallest absolute Gasteiger partial charge is 0.265 e. The van der Waals surface area contributed by atoms with Gasteiger partial charge in [-0.2, -0.15) is 0 Å². The number of nitrogens with zero attached hydrogens (tertiary/aromatic N) is 2. The van der Waals surface area contributed by atoms with E-state index in [4.69, 9.17) is 0 Å². The average Bonchev–Trinajstić information content (AvgIpc) is 3.05. The number of nitrogens with one attached hydrogen (secondary N) is 1. The van der Waals surface area contributed by atoms with Crippen LogP contribution in [0.4, 0.5) is 5.69 Å². The van der Waals surface area contributed by atoms with Crippen LogP contribution >= 0.6 is 0 Å². The number of hydrogen-bond donors (Lipinski definition) is 1. The lowest BCUT2D eigenvalue weighted by molar-refractivity contribution is -0.140. The Labute approximate surface area is 213 Å². The summed E-state index contributed by atoms with van der Waals surface area (Å²) in [6.45, 7) is 7.97. The minimum Gasteiger partial charge on any atom is -0.352 e. The molecule has 8 heteroatoms. The van der Waals surface area contributed by atoms with Gasteiger partial charge in [0, 0.05) is 30.9 Å². The van der Waals surface area contributed by atoms with E-state index in [2.05, 4.69) is 5.32 Å². The summed E-state index contributed by atoms with van der Waals surface area (Å²) in [7, 11) is -3.67. The van der Waals surface area contributed by atoms with Crippen LogP contribution in [0.5, 0.6) is 0 Å². The van der Waals surface area contributed by atoms with E-state index in [1.807, 2.05) is 63.2 Å². The highest BCUT2D eigenvalue weighted by atomic mass is 32.2.